The van der Waals surface area contributed by atoms with Crippen LogP contribution in [0.3, 0.4) is 0 Å². The summed E-state index contributed by atoms with van der Waals surface area (Å²) in [7, 11) is 2.01. The van der Waals surface area contributed by atoms with Crippen LogP contribution >= 0.6 is 11.6 Å². The molecule has 0 saturated heterocycles. The molecule has 3 heteroatoms. The van der Waals surface area contributed by atoms with Crippen molar-refractivity contribution < 1.29 is 0 Å². The third-order valence-corrected chi connectivity index (χ3v) is 2.38. The lowest BCUT2D eigenvalue weighted by Crippen LogP contribution is -2.34. The first-order chi connectivity index (χ1) is 4.66. The highest BCUT2D eigenvalue weighted by Crippen LogP contribution is 2.24. The second kappa shape index (κ2) is 2.81. The van der Waals surface area contributed by atoms with E-state index in [1.165, 1.54) is 0 Å². The molecule has 2 nitrogen and oxygen atoms in total. The highest BCUT2D eigenvalue weighted by Gasteiger charge is 2.24. The molecule has 1 atom stereocenters. The minimum atomic E-state index is 0.377. The van der Waals surface area contributed by atoms with E-state index < -0.39 is 0 Å². The lowest BCUT2D eigenvalue weighted by Gasteiger charge is -2.18. The van der Waals surface area contributed by atoms with Gasteiger partial charge in [-0.05, 0) is 13.3 Å². The minimum absolute atomic E-state index is 0.377. The van der Waals surface area contributed by atoms with Gasteiger partial charge < -0.3 is 5.43 Å². The summed E-state index contributed by atoms with van der Waals surface area (Å²) in [4.78, 5) is 0. The molecule has 0 aliphatic carbocycles. The zero-order chi connectivity index (χ0) is 7.72. The average molecular weight is 161 g/mol. The molecule has 1 unspecified atom stereocenters. The number of likely N-dealkylation sites (N-methyl/N-ethyl adjacent to an activating group) is 1. The molecule has 10 heavy (non-hydrogen) atoms. The highest BCUT2D eigenvalue weighted by atomic mass is 35.5. The van der Waals surface area contributed by atoms with Gasteiger partial charge in [0.25, 0.3) is 0 Å². The molecule has 0 saturated carbocycles. The van der Waals surface area contributed by atoms with Crippen LogP contribution in [0.15, 0.2) is 10.7 Å². The molecule has 0 fully saturated rings. The molecule has 0 aromatic heterocycles. The normalized spacial score (nSPS) is 27.4. The molecule has 0 amide bonds. The zero-order valence-electron chi connectivity index (χ0n) is 6.61. The Bertz CT molecular complexity index is 165. The first kappa shape index (κ1) is 7.89. The molecule has 58 valence electrons. The number of rotatable bonds is 1. The molecule has 1 rings (SSSR count). The lowest BCUT2D eigenvalue weighted by atomic mass is 10.2. The van der Waals surface area contributed by atoms with E-state index in [-0.39, 0.29) is 0 Å². The monoisotopic (exact) mass is 160 g/mol. The second-order valence-corrected chi connectivity index (χ2v) is 3.03. The van der Waals surface area contributed by atoms with Crippen molar-refractivity contribution >= 4 is 11.6 Å². The second-order valence-electron chi connectivity index (χ2n) is 2.62. The Balaban J connectivity index is 2.72. The van der Waals surface area contributed by atoms with Crippen LogP contribution in [0.25, 0.3) is 0 Å². The number of hydrazine groups is 1. The summed E-state index contributed by atoms with van der Waals surface area (Å²) in [6.07, 6.45) is 1.06. The molecule has 1 heterocycles. The molecule has 0 radical (unpaired) electrons. The number of hydrogen-bond acceptors (Lipinski definition) is 2. The molecule has 0 aromatic carbocycles. The van der Waals surface area contributed by atoms with Crippen molar-refractivity contribution in [1.29, 1.82) is 0 Å². The van der Waals surface area contributed by atoms with E-state index in [9.17, 15) is 0 Å². The lowest BCUT2D eigenvalue weighted by molar-refractivity contribution is 0.241. The van der Waals surface area contributed by atoms with Crippen molar-refractivity contribution in [2.75, 3.05) is 7.05 Å². The van der Waals surface area contributed by atoms with Crippen molar-refractivity contribution in [3.8, 4) is 0 Å². The van der Waals surface area contributed by atoms with Crippen molar-refractivity contribution in [2.45, 2.75) is 26.3 Å². The van der Waals surface area contributed by atoms with Gasteiger partial charge in [-0.1, -0.05) is 18.5 Å². The number of nitrogens with zero attached hydrogens (tertiary/aromatic N) is 1. The topological polar surface area (TPSA) is 15.3 Å². The van der Waals surface area contributed by atoms with E-state index in [0.29, 0.717) is 6.04 Å². The van der Waals surface area contributed by atoms with E-state index in [0.717, 1.165) is 17.2 Å². The average Bonchev–Trinajstić information content (AvgIpc) is 2.09. The summed E-state index contributed by atoms with van der Waals surface area (Å²) in [6, 6.07) is 0.377. The molecular formula is C7H13ClN2. The Hall–Kier alpha value is -0.210. The van der Waals surface area contributed by atoms with Crippen LogP contribution in [0.4, 0.5) is 0 Å². The number of hydrogen-bond donors (Lipinski definition) is 1. The van der Waals surface area contributed by atoms with Gasteiger partial charge >= 0.3 is 0 Å². The van der Waals surface area contributed by atoms with Crippen molar-refractivity contribution in [3.63, 3.8) is 0 Å². The molecule has 0 bridgehead atoms. The van der Waals surface area contributed by atoms with Crippen molar-refractivity contribution in [3.05, 3.63) is 10.7 Å². The van der Waals surface area contributed by atoms with Gasteiger partial charge in [0, 0.05) is 12.7 Å². The molecule has 0 aromatic rings. The number of allylic oxidation sites excluding steroid dienone is 1. The van der Waals surface area contributed by atoms with Gasteiger partial charge in [-0.2, -0.15) is 0 Å². The van der Waals surface area contributed by atoms with Crippen LogP contribution in [0, 0.1) is 0 Å². The third kappa shape index (κ3) is 1.13. The predicted octanol–water partition coefficient (Wildman–Crippen LogP) is 1.69. The third-order valence-electron chi connectivity index (χ3n) is 1.85. The van der Waals surface area contributed by atoms with Gasteiger partial charge in [-0.15, -0.1) is 0 Å². The summed E-state index contributed by atoms with van der Waals surface area (Å²) in [5.41, 5.74) is 4.23. The van der Waals surface area contributed by atoms with Crippen LogP contribution in [0.2, 0.25) is 0 Å². The molecule has 1 N–H and O–H groups in total. The van der Waals surface area contributed by atoms with Crippen molar-refractivity contribution in [1.82, 2.24) is 10.4 Å². The largest absolute Gasteiger partial charge is 0.322 e. The molecule has 1 aliphatic heterocycles. The number of halogens is 1. The molecule has 1 aliphatic rings. The van der Waals surface area contributed by atoms with Gasteiger partial charge in [0.2, 0.25) is 0 Å². The van der Waals surface area contributed by atoms with Gasteiger partial charge in [0.1, 0.15) is 0 Å². The highest BCUT2D eigenvalue weighted by molar-refractivity contribution is 6.30. The van der Waals surface area contributed by atoms with E-state index in [4.69, 9.17) is 11.6 Å². The first-order valence-electron chi connectivity index (χ1n) is 3.52. The van der Waals surface area contributed by atoms with Crippen LogP contribution in [-0.4, -0.2) is 18.1 Å². The Kier molecular flexibility index (Phi) is 2.21. The molecular weight excluding hydrogens is 148 g/mol. The fourth-order valence-corrected chi connectivity index (χ4v) is 1.61. The van der Waals surface area contributed by atoms with Gasteiger partial charge in [0.05, 0.1) is 11.1 Å². The SMILES string of the molecule is CCC1C(Cl)=C(C)NN1C. The van der Waals surface area contributed by atoms with E-state index in [1.54, 1.807) is 0 Å². The predicted molar refractivity (Wildman–Crippen MR) is 43.5 cm³/mol. The molecule has 0 spiro atoms. The Labute approximate surface area is 66.8 Å². The quantitative estimate of drug-likeness (QED) is 0.628. The van der Waals surface area contributed by atoms with Crippen molar-refractivity contribution in [2.24, 2.45) is 0 Å². The van der Waals surface area contributed by atoms with E-state index in [2.05, 4.69) is 12.3 Å². The van der Waals surface area contributed by atoms with Crippen LogP contribution in [0.5, 0.6) is 0 Å². The smallest absolute Gasteiger partial charge is 0.0659 e. The Morgan fingerprint density at radius 2 is 2.30 bits per heavy atom. The van der Waals surface area contributed by atoms with Crippen LogP contribution in [-0.2, 0) is 0 Å². The number of nitrogens with one attached hydrogen (secondary N) is 1. The maximum atomic E-state index is 6.00. The van der Waals surface area contributed by atoms with E-state index >= 15 is 0 Å². The van der Waals surface area contributed by atoms with E-state index in [1.807, 2.05) is 19.0 Å². The van der Waals surface area contributed by atoms with Crippen LogP contribution in [0.1, 0.15) is 20.3 Å². The Morgan fingerprint density at radius 3 is 2.50 bits per heavy atom. The Morgan fingerprint density at radius 1 is 1.70 bits per heavy atom. The summed E-state index contributed by atoms with van der Waals surface area (Å²) in [5, 5.41) is 2.99. The van der Waals surface area contributed by atoms with Gasteiger partial charge in [0.15, 0.2) is 0 Å². The summed E-state index contributed by atoms with van der Waals surface area (Å²) in [6.45, 7) is 4.12. The maximum Gasteiger partial charge on any atom is 0.0659 e. The summed E-state index contributed by atoms with van der Waals surface area (Å²) >= 11 is 6.00. The summed E-state index contributed by atoms with van der Waals surface area (Å²) < 4.78 is 0. The minimum Gasteiger partial charge on any atom is -0.322 e. The fraction of sp³-hybridized carbons (Fsp3) is 0.714. The van der Waals surface area contributed by atoms with Crippen LogP contribution < -0.4 is 5.43 Å². The van der Waals surface area contributed by atoms with Gasteiger partial charge in [-0.25, -0.2) is 5.01 Å². The maximum absolute atomic E-state index is 6.00. The van der Waals surface area contributed by atoms with Gasteiger partial charge in [-0.3, -0.25) is 0 Å². The summed E-state index contributed by atoms with van der Waals surface area (Å²) in [5.74, 6) is 0. The first-order valence-corrected chi connectivity index (χ1v) is 3.90. The zero-order valence-corrected chi connectivity index (χ0v) is 7.37. The standard InChI is InChI=1S/C7H13ClN2/c1-4-6-7(8)5(2)9-10(6)3/h6,9H,4H2,1-3H3. The fourth-order valence-electron chi connectivity index (χ4n) is 1.27.